The van der Waals surface area contributed by atoms with Crippen LogP contribution in [-0.4, -0.2) is 22.6 Å². The molecule has 4 nitrogen and oxygen atoms in total. The first kappa shape index (κ1) is 41.5. The first-order valence-corrected chi connectivity index (χ1v) is 25.5. The van der Waals surface area contributed by atoms with Gasteiger partial charge in [-0.2, -0.15) is 0 Å². The molecule has 2 heterocycles. The van der Waals surface area contributed by atoms with E-state index in [1.807, 2.05) is 0 Å². The van der Waals surface area contributed by atoms with Gasteiger partial charge in [0.1, 0.15) is 11.6 Å². The van der Waals surface area contributed by atoms with E-state index in [9.17, 15) is 0 Å². The molecule has 0 unspecified atom stereocenters. The highest BCUT2D eigenvalue weighted by Gasteiger charge is 2.41. The van der Waals surface area contributed by atoms with Gasteiger partial charge in [-0.25, -0.2) is 9.97 Å². The molecule has 0 atom stereocenters. The van der Waals surface area contributed by atoms with E-state index in [-0.39, 0.29) is 0 Å². The monoisotopic (exact) mass is 898 g/mol. The highest BCUT2D eigenvalue weighted by atomic mass is 28.3. The van der Waals surface area contributed by atoms with E-state index in [4.69, 9.17) is 9.97 Å². The van der Waals surface area contributed by atoms with Crippen molar-refractivity contribution in [3.8, 4) is 50.6 Å². The largest absolute Gasteiger partial charge is 0.340 e. The summed E-state index contributed by atoms with van der Waals surface area (Å²) in [5.74, 6) is 2.09. The summed E-state index contributed by atoms with van der Waals surface area (Å²) in [6.45, 7) is 0. The molecule has 5 heteroatoms. The van der Waals surface area contributed by atoms with E-state index >= 15 is 0 Å². The Morgan fingerprint density at radius 3 is 1.35 bits per heavy atom. The van der Waals surface area contributed by atoms with Crippen molar-refractivity contribution < 1.29 is 0 Å². The number of fused-ring (bicyclic) bond motifs is 3. The molecule has 12 aromatic rings. The zero-order chi connectivity index (χ0) is 46.0. The van der Waals surface area contributed by atoms with Crippen LogP contribution in [0.2, 0.25) is 0 Å². The maximum atomic E-state index is 5.49. The number of hydrogen-bond donors (Lipinski definition) is 1. The van der Waals surface area contributed by atoms with Gasteiger partial charge in [0.05, 0.1) is 11.0 Å². The molecule has 0 saturated carbocycles. The van der Waals surface area contributed by atoms with Crippen molar-refractivity contribution in [3.05, 3.63) is 273 Å². The van der Waals surface area contributed by atoms with Crippen molar-refractivity contribution in [2.75, 3.05) is 5.32 Å². The second-order valence-electron chi connectivity index (χ2n) is 17.4. The third-order valence-corrected chi connectivity index (χ3v) is 18.2. The summed E-state index contributed by atoms with van der Waals surface area (Å²) in [5, 5.41) is 11.4. The fraction of sp³-hybridized carbons (Fsp3) is 0. The molecule has 326 valence electrons. The number of rotatable bonds is 11. The molecule has 10 aromatic carbocycles. The standard InChI is InChI=1S/C64H46N4Si/c1-7-21-46(22-8-1)50-37-41-59(57(43-50)48-25-11-3-12-26-48)65-62-45-63(68-60-34-20-19-33-56(60)58-44-51(38-42-61(58)68)47-23-9-2-10-24-47)67-64(66-62)49-35-39-55(40-36-49)69(52-27-13-4-14-28-52,53-29-15-5-16-30-53)54-31-17-6-18-32-54/h1-45H,(H,65,66,67). The molecule has 0 aliphatic carbocycles. The van der Waals surface area contributed by atoms with Crippen LogP contribution in [-0.2, 0) is 0 Å². The third kappa shape index (κ3) is 7.71. The molecule has 2 aromatic heterocycles. The summed E-state index contributed by atoms with van der Waals surface area (Å²) >= 11 is 0. The Bertz CT molecular complexity index is 3620. The van der Waals surface area contributed by atoms with E-state index in [0.29, 0.717) is 11.6 Å². The Hall–Kier alpha value is -8.90. The van der Waals surface area contributed by atoms with Crippen LogP contribution in [0.1, 0.15) is 0 Å². The van der Waals surface area contributed by atoms with Crippen molar-refractivity contribution in [2.24, 2.45) is 0 Å². The van der Waals surface area contributed by atoms with Crippen LogP contribution in [0.5, 0.6) is 0 Å². The summed E-state index contributed by atoms with van der Waals surface area (Å²) in [7, 11) is -2.76. The number of para-hydroxylation sites is 1. The van der Waals surface area contributed by atoms with Gasteiger partial charge in [0.15, 0.2) is 13.9 Å². The minimum Gasteiger partial charge on any atom is -0.340 e. The van der Waals surface area contributed by atoms with Gasteiger partial charge in [-0.05, 0) is 78.9 Å². The molecule has 0 aliphatic rings. The quantitative estimate of drug-likeness (QED) is 0.104. The molecule has 0 amide bonds. The van der Waals surface area contributed by atoms with Gasteiger partial charge in [-0.15, -0.1) is 0 Å². The van der Waals surface area contributed by atoms with Crippen LogP contribution in [0.25, 0.3) is 72.4 Å². The van der Waals surface area contributed by atoms with Gasteiger partial charge in [-0.1, -0.05) is 237 Å². The second kappa shape index (κ2) is 18.1. The topological polar surface area (TPSA) is 42.7 Å². The molecule has 0 bridgehead atoms. The SMILES string of the molecule is c1ccc(-c2ccc(Nc3cc(-n4c5ccccc5c5cc(-c6ccccc6)ccc54)nc(-c4ccc([Si](c5ccccc5)(c5ccccc5)c5ccccc5)cc4)n3)c(-c3ccccc3)c2)cc1. The number of hydrogen-bond acceptors (Lipinski definition) is 3. The van der Waals surface area contributed by atoms with E-state index in [1.54, 1.807) is 0 Å². The van der Waals surface area contributed by atoms with Crippen molar-refractivity contribution in [1.29, 1.82) is 0 Å². The Morgan fingerprint density at radius 1 is 0.319 bits per heavy atom. The molecule has 0 saturated heterocycles. The molecular formula is C64H46N4Si. The van der Waals surface area contributed by atoms with Gasteiger partial charge >= 0.3 is 0 Å². The minimum absolute atomic E-state index is 0.627. The van der Waals surface area contributed by atoms with Gasteiger partial charge < -0.3 is 5.32 Å². The van der Waals surface area contributed by atoms with E-state index < -0.39 is 8.07 Å². The lowest BCUT2D eigenvalue weighted by Gasteiger charge is -2.34. The zero-order valence-corrected chi connectivity index (χ0v) is 38.8. The summed E-state index contributed by atoms with van der Waals surface area (Å²) in [5.41, 5.74) is 10.9. The fourth-order valence-electron chi connectivity index (χ4n) is 10.2. The van der Waals surface area contributed by atoms with E-state index in [1.165, 1.54) is 31.9 Å². The Kier molecular flexibility index (Phi) is 10.9. The lowest BCUT2D eigenvalue weighted by atomic mass is 9.97. The molecule has 0 aliphatic heterocycles. The minimum atomic E-state index is -2.76. The van der Waals surface area contributed by atoms with E-state index in [2.05, 4.69) is 283 Å². The number of anilines is 2. The van der Waals surface area contributed by atoms with Crippen molar-refractivity contribution in [3.63, 3.8) is 0 Å². The second-order valence-corrected chi connectivity index (χ2v) is 21.2. The first-order chi connectivity index (χ1) is 34.2. The maximum Gasteiger partial charge on any atom is 0.179 e. The average Bonchev–Trinajstić information content (AvgIpc) is 3.77. The fourth-order valence-corrected chi connectivity index (χ4v) is 14.9. The van der Waals surface area contributed by atoms with Crippen LogP contribution < -0.4 is 26.1 Å². The van der Waals surface area contributed by atoms with Crippen LogP contribution in [0.3, 0.4) is 0 Å². The Balaban J connectivity index is 1.05. The lowest BCUT2D eigenvalue weighted by molar-refractivity contribution is 1.05. The van der Waals surface area contributed by atoms with Gasteiger partial charge in [0.25, 0.3) is 0 Å². The Labute approximate surface area is 403 Å². The first-order valence-electron chi connectivity index (χ1n) is 23.5. The molecule has 12 rings (SSSR count). The van der Waals surface area contributed by atoms with Crippen LogP contribution in [0.4, 0.5) is 11.5 Å². The molecule has 1 N–H and O–H groups in total. The lowest BCUT2D eigenvalue weighted by Crippen LogP contribution is -2.74. The number of nitrogens with zero attached hydrogens (tertiary/aromatic N) is 3. The summed E-state index contributed by atoms with van der Waals surface area (Å²) in [4.78, 5) is 10.9. The highest BCUT2D eigenvalue weighted by molar-refractivity contribution is 7.19. The average molecular weight is 899 g/mol. The highest BCUT2D eigenvalue weighted by Crippen LogP contribution is 2.38. The van der Waals surface area contributed by atoms with Crippen LogP contribution in [0, 0.1) is 0 Å². The molecule has 69 heavy (non-hydrogen) atoms. The summed E-state index contributed by atoms with van der Waals surface area (Å²) in [6.07, 6.45) is 0. The number of aromatic nitrogens is 3. The van der Waals surface area contributed by atoms with Gasteiger partial charge in [-0.3, -0.25) is 4.57 Å². The molecule has 0 radical (unpaired) electrons. The number of nitrogens with one attached hydrogen (secondary N) is 1. The molecular weight excluding hydrogens is 853 g/mol. The Morgan fingerprint density at radius 2 is 0.768 bits per heavy atom. The normalized spacial score (nSPS) is 11.5. The smallest absolute Gasteiger partial charge is 0.179 e. The number of benzene rings is 10. The van der Waals surface area contributed by atoms with Crippen molar-refractivity contribution in [2.45, 2.75) is 0 Å². The summed E-state index contributed by atoms with van der Waals surface area (Å²) < 4.78 is 2.29. The van der Waals surface area contributed by atoms with Gasteiger partial charge in [0, 0.05) is 33.7 Å². The van der Waals surface area contributed by atoms with E-state index in [0.717, 1.165) is 61.1 Å². The third-order valence-electron chi connectivity index (χ3n) is 13.4. The zero-order valence-electron chi connectivity index (χ0n) is 37.8. The molecule has 0 spiro atoms. The summed E-state index contributed by atoms with van der Waals surface area (Å²) in [6, 6.07) is 98.1. The van der Waals surface area contributed by atoms with Crippen molar-refractivity contribution >= 4 is 62.1 Å². The molecule has 0 fully saturated rings. The van der Waals surface area contributed by atoms with Crippen LogP contribution >= 0.6 is 0 Å². The van der Waals surface area contributed by atoms with Crippen molar-refractivity contribution in [1.82, 2.24) is 14.5 Å². The predicted molar refractivity (Wildman–Crippen MR) is 291 cm³/mol. The van der Waals surface area contributed by atoms with Gasteiger partial charge in [0.2, 0.25) is 0 Å². The van der Waals surface area contributed by atoms with Crippen LogP contribution in [0.15, 0.2) is 273 Å². The maximum absolute atomic E-state index is 5.49. The predicted octanol–water partition coefficient (Wildman–Crippen LogP) is 13.4.